The first-order valence-electron chi connectivity index (χ1n) is 13.5. The molecular formula is C29H34F6N5OP. The first kappa shape index (κ1) is 33.3. The first-order chi connectivity index (χ1) is 20.0. The molecule has 2 aromatic carbocycles. The van der Waals surface area contributed by atoms with E-state index in [0.717, 1.165) is 42.9 Å². The summed E-state index contributed by atoms with van der Waals surface area (Å²) in [6.45, 7) is 9.21. The molecule has 42 heavy (non-hydrogen) atoms. The second kappa shape index (κ2) is 14.3. The number of imidazole rings is 1. The molecule has 2 atom stereocenters. The molecule has 13 heteroatoms. The normalized spacial score (nSPS) is 15.3. The Balaban J connectivity index is 0.00000116. The van der Waals surface area contributed by atoms with Gasteiger partial charge in [-0.15, -0.1) is 9.24 Å². The summed E-state index contributed by atoms with van der Waals surface area (Å²) < 4.78 is 83.0. The Bertz CT molecular complexity index is 1390. The van der Waals surface area contributed by atoms with E-state index in [2.05, 4.69) is 34.2 Å². The van der Waals surface area contributed by atoms with Crippen LogP contribution < -0.4 is 0 Å². The van der Waals surface area contributed by atoms with Gasteiger partial charge in [0.25, 0.3) is 0 Å². The van der Waals surface area contributed by atoms with Crippen molar-refractivity contribution in [3.05, 3.63) is 77.6 Å². The number of alkyl halides is 6. The van der Waals surface area contributed by atoms with Crippen LogP contribution in [0.2, 0.25) is 0 Å². The molecule has 0 saturated carbocycles. The predicted octanol–water partition coefficient (Wildman–Crippen LogP) is 8.62. The molecule has 1 fully saturated rings. The monoisotopic (exact) mass is 613 g/mol. The zero-order chi connectivity index (χ0) is 31.1. The minimum atomic E-state index is -4.47. The van der Waals surface area contributed by atoms with Gasteiger partial charge in [0.1, 0.15) is 5.82 Å². The summed E-state index contributed by atoms with van der Waals surface area (Å²) in [4.78, 5) is 14.2. The summed E-state index contributed by atoms with van der Waals surface area (Å²) >= 11 is 0. The van der Waals surface area contributed by atoms with Gasteiger partial charge in [0.2, 0.25) is 11.7 Å². The summed E-state index contributed by atoms with van der Waals surface area (Å²) in [5.74, 6) is 1.33. The summed E-state index contributed by atoms with van der Waals surface area (Å²) in [6.07, 6.45) is -5.67. The Hall–Kier alpha value is -3.24. The molecule has 1 aliphatic heterocycles. The van der Waals surface area contributed by atoms with Crippen LogP contribution in [0.5, 0.6) is 0 Å². The van der Waals surface area contributed by atoms with Crippen molar-refractivity contribution in [2.45, 2.75) is 57.9 Å². The van der Waals surface area contributed by atoms with Crippen LogP contribution in [0, 0.1) is 0 Å². The molecule has 2 unspecified atom stereocenters. The van der Waals surface area contributed by atoms with E-state index in [0.29, 0.717) is 30.2 Å². The molecular weight excluding hydrogens is 579 g/mol. The number of hydrogen-bond donors (Lipinski definition) is 1. The minimum Gasteiger partial charge on any atom is -0.342 e. The number of rotatable bonds is 5. The molecule has 0 bridgehead atoms. The average Bonchev–Trinajstić information content (AvgIpc) is 3.70. The van der Waals surface area contributed by atoms with E-state index in [-0.39, 0.29) is 23.3 Å². The topological polar surface area (TPSA) is 70.8 Å². The molecule has 1 aliphatic rings. The van der Waals surface area contributed by atoms with Crippen molar-refractivity contribution in [3.63, 3.8) is 0 Å². The van der Waals surface area contributed by atoms with Gasteiger partial charge in [-0.1, -0.05) is 49.9 Å². The van der Waals surface area contributed by atoms with Gasteiger partial charge < -0.3 is 9.51 Å². The first-order valence-corrected chi connectivity index (χ1v) is 14.7. The highest BCUT2D eigenvalue weighted by Crippen LogP contribution is 2.35. The van der Waals surface area contributed by atoms with E-state index in [1.165, 1.54) is 24.3 Å². The summed E-state index contributed by atoms with van der Waals surface area (Å²) in [6, 6.07) is 9.49. The quantitative estimate of drug-likeness (QED) is 0.180. The lowest BCUT2D eigenvalue weighted by Gasteiger charge is -2.33. The van der Waals surface area contributed by atoms with Crippen LogP contribution in [0.1, 0.15) is 68.4 Å². The van der Waals surface area contributed by atoms with Crippen LogP contribution in [0.25, 0.3) is 22.6 Å². The average molecular weight is 614 g/mol. The maximum Gasteiger partial charge on any atom is 0.416 e. The number of aromatic amines is 1. The Morgan fingerprint density at radius 3 is 2.12 bits per heavy atom. The fourth-order valence-electron chi connectivity index (χ4n) is 4.60. The number of aromatic nitrogens is 4. The third kappa shape index (κ3) is 7.98. The van der Waals surface area contributed by atoms with E-state index in [9.17, 15) is 26.3 Å². The molecule has 0 amide bonds. The fourth-order valence-corrected chi connectivity index (χ4v) is 4.60. The largest absolute Gasteiger partial charge is 0.416 e. The molecule has 228 valence electrons. The highest BCUT2D eigenvalue weighted by Gasteiger charge is 2.32. The smallest absolute Gasteiger partial charge is 0.342 e. The summed E-state index contributed by atoms with van der Waals surface area (Å²) in [5, 5.41) is 3.88. The SMILES string of the molecule is CC.CC(c1nc(-c2cccc(C(F)(F)F)c2)no1)N1CCC(c2ncc(-c3ccc(C(F)(F)F)cc3)[nH]2)CC1.CP. The Morgan fingerprint density at radius 1 is 0.905 bits per heavy atom. The van der Waals surface area contributed by atoms with Gasteiger partial charge in [-0.25, -0.2) is 4.98 Å². The van der Waals surface area contributed by atoms with Crippen LogP contribution in [0.4, 0.5) is 26.3 Å². The lowest BCUT2D eigenvalue weighted by atomic mass is 9.95. The van der Waals surface area contributed by atoms with Gasteiger partial charge in [0.05, 0.1) is 29.1 Å². The van der Waals surface area contributed by atoms with E-state index < -0.39 is 23.5 Å². The van der Waals surface area contributed by atoms with Gasteiger partial charge in [-0.3, -0.25) is 4.90 Å². The van der Waals surface area contributed by atoms with E-state index in [1.54, 1.807) is 6.20 Å². The highest BCUT2D eigenvalue weighted by atomic mass is 31.0. The Morgan fingerprint density at radius 2 is 1.52 bits per heavy atom. The molecule has 4 aromatic rings. The lowest BCUT2D eigenvalue weighted by Crippen LogP contribution is -2.35. The van der Waals surface area contributed by atoms with Crippen LogP contribution in [0.15, 0.2) is 59.3 Å². The van der Waals surface area contributed by atoms with E-state index in [4.69, 9.17) is 4.52 Å². The summed E-state index contributed by atoms with van der Waals surface area (Å²) in [5.41, 5.74) is 0.0113. The fraction of sp³-hybridized carbons (Fsp3) is 0.414. The zero-order valence-electron chi connectivity index (χ0n) is 23.7. The van der Waals surface area contributed by atoms with Gasteiger partial charge in [0.15, 0.2) is 0 Å². The Kier molecular flexibility index (Phi) is 11.3. The number of benzene rings is 2. The van der Waals surface area contributed by atoms with Gasteiger partial charge >= 0.3 is 12.4 Å². The number of nitrogens with one attached hydrogen (secondary N) is 1. The molecule has 2 aromatic heterocycles. The number of H-pyrrole nitrogens is 1. The van der Waals surface area contributed by atoms with Crippen molar-refractivity contribution >= 4 is 9.24 Å². The van der Waals surface area contributed by atoms with Crippen molar-refractivity contribution in [3.8, 4) is 22.6 Å². The number of halogens is 6. The number of likely N-dealkylation sites (tertiary alicyclic amines) is 1. The van der Waals surface area contributed by atoms with Crippen molar-refractivity contribution in [2.24, 2.45) is 0 Å². The second-order valence-corrected chi connectivity index (χ2v) is 9.28. The van der Waals surface area contributed by atoms with Crippen molar-refractivity contribution in [1.82, 2.24) is 25.0 Å². The molecule has 1 N–H and O–H groups in total. The molecule has 6 nitrogen and oxygen atoms in total. The molecule has 0 radical (unpaired) electrons. The maximum absolute atomic E-state index is 13.0. The third-order valence-corrected chi connectivity index (χ3v) is 6.83. The molecule has 5 rings (SSSR count). The number of hydrogen-bond acceptors (Lipinski definition) is 5. The van der Waals surface area contributed by atoms with Crippen LogP contribution in [0.3, 0.4) is 0 Å². The van der Waals surface area contributed by atoms with Crippen LogP contribution >= 0.6 is 9.24 Å². The van der Waals surface area contributed by atoms with E-state index in [1.807, 2.05) is 27.4 Å². The van der Waals surface area contributed by atoms with Gasteiger partial charge in [0, 0.05) is 11.5 Å². The number of nitrogens with zero attached hydrogens (tertiary/aromatic N) is 4. The molecule has 1 saturated heterocycles. The van der Waals surface area contributed by atoms with Crippen molar-refractivity contribution < 1.29 is 30.9 Å². The van der Waals surface area contributed by atoms with Gasteiger partial charge in [-0.2, -0.15) is 31.3 Å². The van der Waals surface area contributed by atoms with Crippen LogP contribution in [-0.2, 0) is 12.4 Å². The molecule has 0 spiro atoms. The lowest BCUT2D eigenvalue weighted by molar-refractivity contribution is -0.138. The standard InChI is InChI=1S/C26H23F6N5O.C2H6.CH5P/c1-15(24-35-23(36-38-24)18-3-2-4-20(13-18)26(30,31)32)37-11-9-17(10-12-37)22-33-14-21(34-22)16-5-7-19(8-6-16)25(27,28)29;2*1-2/h2-8,13-15,17H,9-12H2,1H3,(H,33,34);1-2H3;2H2,1H3. The number of piperidine rings is 1. The summed E-state index contributed by atoms with van der Waals surface area (Å²) in [7, 11) is 2.42. The molecule has 0 aliphatic carbocycles. The Labute approximate surface area is 243 Å². The zero-order valence-corrected chi connectivity index (χ0v) is 24.9. The second-order valence-electron chi connectivity index (χ2n) is 9.28. The predicted molar refractivity (Wildman–Crippen MR) is 153 cm³/mol. The maximum atomic E-state index is 13.0. The highest BCUT2D eigenvalue weighted by molar-refractivity contribution is 7.15. The third-order valence-electron chi connectivity index (χ3n) is 6.83. The van der Waals surface area contributed by atoms with Crippen molar-refractivity contribution in [2.75, 3.05) is 19.8 Å². The molecule has 3 heterocycles. The van der Waals surface area contributed by atoms with Gasteiger partial charge in [-0.05, 0) is 62.7 Å². The van der Waals surface area contributed by atoms with Crippen molar-refractivity contribution in [1.29, 1.82) is 0 Å². The van der Waals surface area contributed by atoms with Crippen LogP contribution in [-0.4, -0.2) is 44.8 Å². The van der Waals surface area contributed by atoms with E-state index >= 15 is 0 Å². The minimum absolute atomic E-state index is 0.0965.